The third kappa shape index (κ3) is 4.42. The van der Waals surface area contributed by atoms with E-state index in [1.165, 1.54) is 0 Å². The lowest BCUT2D eigenvalue weighted by Gasteiger charge is -2.25. The summed E-state index contributed by atoms with van der Waals surface area (Å²) in [6.07, 6.45) is -0.510. The summed E-state index contributed by atoms with van der Waals surface area (Å²) in [6, 6.07) is 22.5. The molecule has 2 N–H and O–H groups in total. The molecule has 1 aliphatic rings. The van der Waals surface area contributed by atoms with Crippen molar-refractivity contribution in [3.63, 3.8) is 0 Å². The van der Waals surface area contributed by atoms with Crippen molar-refractivity contribution in [2.24, 2.45) is 0 Å². The molecule has 1 heterocycles. The highest BCUT2D eigenvalue weighted by molar-refractivity contribution is 6.30. The second kappa shape index (κ2) is 9.20. The number of benzene rings is 3. The molecule has 6 heteroatoms. The standard InChI is InChI=1S/C24H22ClNO4/c25-17-10-11-23-19(12-17)21(14-27)20(18-8-4-5-9-22(18)30-23)13-26-24(28)29-15-16-6-2-1-3-7-16/h1-12,20-21,27H,13-15H2,(H,26,28)/t20-,21-/m0/s1. The van der Waals surface area contributed by atoms with Crippen molar-refractivity contribution < 1.29 is 19.4 Å². The number of hydrogen-bond acceptors (Lipinski definition) is 4. The normalized spacial score (nSPS) is 17.1. The zero-order chi connectivity index (χ0) is 20.9. The van der Waals surface area contributed by atoms with Crippen LogP contribution >= 0.6 is 11.6 Å². The van der Waals surface area contributed by atoms with Gasteiger partial charge >= 0.3 is 6.09 Å². The quantitative estimate of drug-likeness (QED) is 0.589. The van der Waals surface area contributed by atoms with Gasteiger partial charge in [-0.25, -0.2) is 4.79 Å². The molecule has 0 aliphatic carbocycles. The number of ether oxygens (including phenoxy) is 2. The number of carbonyl (C=O) groups is 1. The number of nitrogens with one attached hydrogen (secondary N) is 1. The zero-order valence-electron chi connectivity index (χ0n) is 16.3. The van der Waals surface area contributed by atoms with Gasteiger partial charge in [0.15, 0.2) is 0 Å². The average Bonchev–Trinajstić information content (AvgIpc) is 2.90. The Morgan fingerprint density at radius 2 is 1.70 bits per heavy atom. The minimum absolute atomic E-state index is 0.115. The Morgan fingerprint density at radius 1 is 0.967 bits per heavy atom. The zero-order valence-corrected chi connectivity index (χ0v) is 17.0. The van der Waals surface area contributed by atoms with E-state index >= 15 is 0 Å². The molecule has 0 unspecified atom stereocenters. The van der Waals surface area contributed by atoms with Crippen LogP contribution in [0.2, 0.25) is 5.02 Å². The smallest absolute Gasteiger partial charge is 0.407 e. The lowest BCUT2D eigenvalue weighted by Crippen LogP contribution is -2.32. The van der Waals surface area contributed by atoms with E-state index in [4.69, 9.17) is 21.1 Å². The molecule has 1 amide bonds. The molecule has 0 bridgehead atoms. The van der Waals surface area contributed by atoms with Crippen molar-refractivity contribution in [3.05, 3.63) is 94.5 Å². The summed E-state index contributed by atoms with van der Waals surface area (Å²) in [6.45, 7) is 0.362. The monoisotopic (exact) mass is 423 g/mol. The van der Waals surface area contributed by atoms with Crippen LogP contribution in [0.4, 0.5) is 4.79 Å². The maximum Gasteiger partial charge on any atom is 0.407 e. The second-order valence-corrected chi connectivity index (χ2v) is 7.60. The summed E-state index contributed by atoms with van der Waals surface area (Å²) >= 11 is 6.21. The highest BCUT2D eigenvalue weighted by Gasteiger charge is 2.32. The lowest BCUT2D eigenvalue weighted by atomic mass is 9.82. The fraction of sp³-hybridized carbons (Fsp3) is 0.208. The maximum absolute atomic E-state index is 12.3. The molecule has 154 valence electrons. The number of alkyl carbamates (subject to hydrolysis) is 1. The Balaban J connectivity index is 1.55. The van der Waals surface area contributed by atoms with Gasteiger partial charge in [-0.15, -0.1) is 0 Å². The molecule has 4 rings (SSSR count). The average molecular weight is 424 g/mol. The Bertz CT molecular complexity index is 1020. The van der Waals surface area contributed by atoms with Crippen LogP contribution in [-0.2, 0) is 11.3 Å². The number of aliphatic hydroxyl groups excluding tert-OH is 1. The van der Waals surface area contributed by atoms with E-state index in [-0.39, 0.29) is 31.6 Å². The van der Waals surface area contributed by atoms with Crippen LogP contribution in [-0.4, -0.2) is 24.4 Å². The minimum Gasteiger partial charge on any atom is -0.457 e. The number of halogens is 1. The van der Waals surface area contributed by atoms with Gasteiger partial charge < -0.3 is 19.9 Å². The largest absolute Gasteiger partial charge is 0.457 e. The van der Waals surface area contributed by atoms with Gasteiger partial charge in [-0.1, -0.05) is 60.1 Å². The van der Waals surface area contributed by atoms with Crippen molar-refractivity contribution in [2.45, 2.75) is 18.4 Å². The molecule has 0 spiro atoms. The Labute approximate surface area is 180 Å². The maximum atomic E-state index is 12.3. The fourth-order valence-electron chi connectivity index (χ4n) is 3.78. The van der Waals surface area contributed by atoms with E-state index in [1.54, 1.807) is 12.1 Å². The number of fused-ring (bicyclic) bond motifs is 2. The van der Waals surface area contributed by atoms with E-state index in [0.717, 1.165) is 16.7 Å². The molecular formula is C24H22ClNO4. The third-order valence-corrected chi connectivity index (χ3v) is 5.51. The number of para-hydroxylation sites is 1. The van der Waals surface area contributed by atoms with Gasteiger partial charge in [0.05, 0.1) is 6.61 Å². The fourth-order valence-corrected chi connectivity index (χ4v) is 3.96. The number of carbonyl (C=O) groups excluding carboxylic acids is 1. The van der Waals surface area contributed by atoms with Crippen LogP contribution in [0.15, 0.2) is 72.8 Å². The van der Waals surface area contributed by atoms with Crippen molar-refractivity contribution in [2.75, 3.05) is 13.2 Å². The summed E-state index contributed by atoms with van der Waals surface area (Å²) in [5.41, 5.74) is 2.63. The van der Waals surface area contributed by atoms with E-state index in [2.05, 4.69) is 5.32 Å². The first kappa shape index (κ1) is 20.3. The van der Waals surface area contributed by atoms with Gasteiger partial charge in [0.25, 0.3) is 0 Å². The third-order valence-electron chi connectivity index (χ3n) is 5.27. The minimum atomic E-state index is -0.510. The van der Waals surface area contributed by atoms with Gasteiger partial charge in [0, 0.05) is 34.5 Å². The first-order valence-corrected chi connectivity index (χ1v) is 10.1. The molecule has 3 aromatic carbocycles. The van der Waals surface area contributed by atoms with E-state index in [9.17, 15) is 9.90 Å². The van der Waals surface area contributed by atoms with Gasteiger partial charge in [-0.05, 0) is 29.8 Å². The highest BCUT2D eigenvalue weighted by Crippen LogP contribution is 2.46. The summed E-state index contributed by atoms with van der Waals surface area (Å²) in [5.74, 6) is 0.841. The SMILES string of the molecule is O=C(NC[C@H]1c2ccccc2Oc2ccc(Cl)cc2[C@@H]1CO)OCc1ccccc1. The molecule has 0 aromatic heterocycles. The van der Waals surface area contributed by atoms with Gasteiger partial charge in [0.1, 0.15) is 18.1 Å². The highest BCUT2D eigenvalue weighted by atomic mass is 35.5. The van der Waals surface area contributed by atoms with Gasteiger partial charge in [-0.3, -0.25) is 0 Å². The summed E-state index contributed by atoms with van der Waals surface area (Å²) in [5, 5.41) is 13.6. The van der Waals surface area contributed by atoms with Gasteiger partial charge in [0.2, 0.25) is 0 Å². The molecule has 5 nitrogen and oxygen atoms in total. The van der Waals surface area contributed by atoms with E-state index in [0.29, 0.717) is 16.5 Å². The van der Waals surface area contributed by atoms with Crippen molar-refractivity contribution in [3.8, 4) is 11.5 Å². The lowest BCUT2D eigenvalue weighted by molar-refractivity contribution is 0.138. The molecule has 0 saturated carbocycles. The number of hydrogen-bond donors (Lipinski definition) is 2. The molecule has 0 saturated heterocycles. The van der Waals surface area contributed by atoms with Crippen molar-refractivity contribution in [1.29, 1.82) is 0 Å². The first-order chi connectivity index (χ1) is 14.7. The van der Waals surface area contributed by atoms with Crippen LogP contribution in [0.5, 0.6) is 11.5 Å². The molecule has 3 aromatic rings. The number of amides is 1. The molecular weight excluding hydrogens is 402 g/mol. The van der Waals surface area contributed by atoms with Crippen LogP contribution in [0.25, 0.3) is 0 Å². The van der Waals surface area contributed by atoms with Gasteiger partial charge in [-0.2, -0.15) is 0 Å². The Kier molecular flexibility index (Phi) is 6.21. The second-order valence-electron chi connectivity index (χ2n) is 7.16. The number of rotatable bonds is 5. The van der Waals surface area contributed by atoms with Crippen LogP contribution in [0.1, 0.15) is 28.5 Å². The molecule has 1 aliphatic heterocycles. The molecule has 2 atom stereocenters. The summed E-state index contributed by atoms with van der Waals surface area (Å²) < 4.78 is 11.4. The van der Waals surface area contributed by atoms with Crippen molar-refractivity contribution >= 4 is 17.7 Å². The number of aliphatic hydroxyl groups is 1. The van der Waals surface area contributed by atoms with Crippen LogP contribution < -0.4 is 10.1 Å². The van der Waals surface area contributed by atoms with Crippen LogP contribution in [0.3, 0.4) is 0 Å². The summed E-state index contributed by atoms with van der Waals surface area (Å²) in [4.78, 5) is 12.3. The predicted octanol–water partition coefficient (Wildman–Crippen LogP) is 5.23. The van der Waals surface area contributed by atoms with Crippen LogP contribution in [0, 0.1) is 0 Å². The van der Waals surface area contributed by atoms with E-state index < -0.39 is 6.09 Å². The topological polar surface area (TPSA) is 67.8 Å². The first-order valence-electron chi connectivity index (χ1n) is 9.77. The van der Waals surface area contributed by atoms with E-state index in [1.807, 2.05) is 60.7 Å². The Morgan fingerprint density at radius 3 is 2.50 bits per heavy atom. The predicted molar refractivity (Wildman–Crippen MR) is 115 cm³/mol. The molecule has 0 radical (unpaired) electrons. The summed E-state index contributed by atoms with van der Waals surface area (Å²) in [7, 11) is 0. The molecule has 30 heavy (non-hydrogen) atoms. The Hall–Kier alpha value is -3.02. The van der Waals surface area contributed by atoms with Crippen molar-refractivity contribution in [1.82, 2.24) is 5.32 Å². The molecule has 0 fully saturated rings.